The second-order valence-corrected chi connectivity index (χ2v) is 5.67. The topological polar surface area (TPSA) is 33.2 Å². The zero-order valence-corrected chi connectivity index (χ0v) is 12.3. The largest absolute Gasteiger partial charge is 0.336 e. The molecule has 1 saturated carbocycles. The van der Waals surface area contributed by atoms with Gasteiger partial charge in [-0.05, 0) is 44.2 Å². The summed E-state index contributed by atoms with van der Waals surface area (Å²) >= 11 is 3.43. The van der Waals surface area contributed by atoms with Crippen molar-refractivity contribution in [1.29, 1.82) is 0 Å². The first-order valence-electron chi connectivity index (χ1n) is 6.51. The van der Waals surface area contributed by atoms with Gasteiger partial charge in [-0.15, -0.1) is 0 Å². The van der Waals surface area contributed by atoms with Crippen LogP contribution in [0.5, 0.6) is 0 Å². The Balaban J connectivity index is 2.11. The van der Waals surface area contributed by atoms with Gasteiger partial charge >= 0.3 is 0 Å². The molecule has 3 nitrogen and oxygen atoms in total. The smallest absolute Gasteiger partial charge is 0.255 e. The predicted molar refractivity (Wildman–Crippen MR) is 76.1 cm³/mol. The zero-order chi connectivity index (χ0) is 13.0. The van der Waals surface area contributed by atoms with E-state index in [-0.39, 0.29) is 5.91 Å². The van der Waals surface area contributed by atoms with E-state index in [9.17, 15) is 4.79 Å². The van der Waals surface area contributed by atoms with Gasteiger partial charge < -0.3 is 4.90 Å². The van der Waals surface area contributed by atoms with E-state index in [1.165, 1.54) is 6.42 Å². The molecular weight excluding hydrogens is 292 g/mol. The fraction of sp³-hybridized carbons (Fsp3) is 0.571. The number of rotatable bonds is 5. The molecule has 1 aromatic rings. The van der Waals surface area contributed by atoms with Gasteiger partial charge in [0.2, 0.25) is 0 Å². The van der Waals surface area contributed by atoms with Crippen LogP contribution in [-0.4, -0.2) is 33.7 Å². The summed E-state index contributed by atoms with van der Waals surface area (Å²) in [5.74, 6) is 0.136. The van der Waals surface area contributed by atoms with Gasteiger partial charge in [-0.1, -0.05) is 15.9 Å². The average Bonchev–Trinajstić information content (AvgIpc) is 2.31. The Morgan fingerprint density at radius 2 is 2.28 bits per heavy atom. The van der Waals surface area contributed by atoms with Crippen LogP contribution in [0.25, 0.3) is 0 Å². The van der Waals surface area contributed by atoms with Crippen LogP contribution in [0.4, 0.5) is 0 Å². The molecule has 1 aromatic heterocycles. The zero-order valence-electron chi connectivity index (χ0n) is 10.7. The normalized spacial score (nSPS) is 15.2. The second-order valence-electron chi connectivity index (χ2n) is 4.88. The van der Waals surface area contributed by atoms with Gasteiger partial charge in [-0.25, -0.2) is 0 Å². The number of hydrogen-bond donors (Lipinski definition) is 0. The average molecular weight is 311 g/mol. The Hall–Kier alpha value is -0.900. The molecule has 0 saturated heterocycles. The van der Waals surface area contributed by atoms with Crippen molar-refractivity contribution in [3.63, 3.8) is 0 Å². The summed E-state index contributed by atoms with van der Waals surface area (Å²) in [7, 11) is 0. The Bertz CT molecular complexity index is 418. The van der Waals surface area contributed by atoms with Crippen LogP contribution in [0.3, 0.4) is 0 Å². The fourth-order valence-electron chi connectivity index (χ4n) is 2.22. The van der Waals surface area contributed by atoms with E-state index in [0.717, 1.165) is 42.3 Å². The minimum absolute atomic E-state index is 0.136. The Morgan fingerprint density at radius 3 is 2.83 bits per heavy atom. The molecule has 1 amide bonds. The van der Waals surface area contributed by atoms with Crippen molar-refractivity contribution >= 4 is 21.8 Å². The molecule has 0 atom stereocenters. The van der Waals surface area contributed by atoms with Crippen molar-refractivity contribution in [2.24, 2.45) is 0 Å². The molecule has 4 heteroatoms. The fourth-order valence-corrected chi connectivity index (χ4v) is 2.47. The highest BCUT2D eigenvalue weighted by molar-refractivity contribution is 9.09. The SMILES string of the molecule is Cc1cncc(C(=O)N(CCCBr)C2CCC2)c1. The van der Waals surface area contributed by atoms with Gasteiger partial charge in [0.25, 0.3) is 5.91 Å². The quantitative estimate of drug-likeness (QED) is 0.783. The Kier molecular flexibility index (Phi) is 4.75. The highest BCUT2D eigenvalue weighted by Crippen LogP contribution is 2.26. The van der Waals surface area contributed by atoms with Gasteiger partial charge in [-0.3, -0.25) is 9.78 Å². The lowest BCUT2D eigenvalue weighted by Gasteiger charge is -2.37. The number of alkyl halides is 1. The number of halogens is 1. The van der Waals surface area contributed by atoms with Crippen molar-refractivity contribution in [2.75, 3.05) is 11.9 Å². The monoisotopic (exact) mass is 310 g/mol. The summed E-state index contributed by atoms with van der Waals surface area (Å²) in [5.41, 5.74) is 1.76. The third-order valence-corrected chi connectivity index (χ3v) is 3.99. The summed E-state index contributed by atoms with van der Waals surface area (Å²) in [4.78, 5) is 18.7. The van der Waals surface area contributed by atoms with Crippen LogP contribution in [-0.2, 0) is 0 Å². The lowest BCUT2D eigenvalue weighted by molar-refractivity contribution is 0.0580. The van der Waals surface area contributed by atoms with Crippen molar-refractivity contribution in [3.05, 3.63) is 29.6 Å². The summed E-state index contributed by atoms with van der Waals surface area (Å²) in [6.45, 7) is 2.80. The number of amides is 1. The molecule has 98 valence electrons. The maximum absolute atomic E-state index is 12.5. The molecule has 0 spiro atoms. The van der Waals surface area contributed by atoms with E-state index in [4.69, 9.17) is 0 Å². The Labute approximate surface area is 117 Å². The summed E-state index contributed by atoms with van der Waals surface area (Å²) < 4.78 is 0. The van der Waals surface area contributed by atoms with Gasteiger partial charge in [0, 0.05) is 30.3 Å². The number of carbonyl (C=O) groups is 1. The molecule has 0 N–H and O–H groups in total. The molecule has 1 fully saturated rings. The van der Waals surface area contributed by atoms with E-state index in [0.29, 0.717) is 6.04 Å². The summed E-state index contributed by atoms with van der Waals surface area (Å²) in [6, 6.07) is 2.37. The molecule has 1 aliphatic rings. The van der Waals surface area contributed by atoms with Gasteiger partial charge in [0.05, 0.1) is 5.56 Å². The highest BCUT2D eigenvalue weighted by Gasteiger charge is 2.29. The van der Waals surface area contributed by atoms with E-state index in [1.807, 2.05) is 17.9 Å². The number of aryl methyl sites for hydroxylation is 1. The second kappa shape index (κ2) is 6.32. The van der Waals surface area contributed by atoms with Crippen LogP contribution < -0.4 is 0 Å². The number of pyridine rings is 1. The first kappa shape index (κ1) is 13.5. The number of nitrogens with zero attached hydrogens (tertiary/aromatic N) is 2. The Morgan fingerprint density at radius 1 is 1.50 bits per heavy atom. The lowest BCUT2D eigenvalue weighted by atomic mass is 9.91. The third-order valence-electron chi connectivity index (χ3n) is 3.43. The van der Waals surface area contributed by atoms with Crippen molar-refractivity contribution < 1.29 is 4.79 Å². The molecule has 0 bridgehead atoms. The van der Waals surface area contributed by atoms with E-state index < -0.39 is 0 Å². The van der Waals surface area contributed by atoms with Crippen molar-refractivity contribution in [2.45, 2.75) is 38.6 Å². The van der Waals surface area contributed by atoms with E-state index in [1.54, 1.807) is 12.4 Å². The maximum Gasteiger partial charge on any atom is 0.255 e. The van der Waals surface area contributed by atoms with Crippen molar-refractivity contribution in [1.82, 2.24) is 9.88 Å². The van der Waals surface area contributed by atoms with Gasteiger partial charge in [0.15, 0.2) is 0 Å². The molecule has 2 rings (SSSR count). The highest BCUT2D eigenvalue weighted by atomic mass is 79.9. The van der Waals surface area contributed by atoms with Crippen LogP contribution in [0, 0.1) is 6.92 Å². The minimum atomic E-state index is 0.136. The van der Waals surface area contributed by atoms with E-state index >= 15 is 0 Å². The third kappa shape index (κ3) is 3.10. The van der Waals surface area contributed by atoms with Crippen LogP contribution in [0.15, 0.2) is 18.5 Å². The molecule has 0 radical (unpaired) electrons. The summed E-state index contributed by atoms with van der Waals surface area (Å²) in [5, 5.41) is 0.940. The minimum Gasteiger partial charge on any atom is -0.336 e. The van der Waals surface area contributed by atoms with E-state index in [2.05, 4.69) is 20.9 Å². The van der Waals surface area contributed by atoms with Gasteiger partial charge in [0.1, 0.15) is 0 Å². The lowest BCUT2D eigenvalue weighted by Crippen LogP contribution is -2.44. The van der Waals surface area contributed by atoms with Crippen LogP contribution in [0.1, 0.15) is 41.6 Å². The first-order valence-corrected chi connectivity index (χ1v) is 7.63. The summed E-state index contributed by atoms with van der Waals surface area (Å²) in [6.07, 6.45) is 7.99. The molecular formula is C14H19BrN2O. The number of carbonyl (C=O) groups excluding carboxylic acids is 1. The molecule has 0 unspecified atom stereocenters. The number of aromatic nitrogens is 1. The van der Waals surface area contributed by atoms with Crippen molar-refractivity contribution in [3.8, 4) is 0 Å². The first-order chi connectivity index (χ1) is 8.72. The van der Waals surface area contributed by atoms with Crippen LogP contribution in [0.2, 0.25) is 0 Å². The molecule has 18 heavy (non-hydrogen) atoms. The predicted octanol–water partition coefficient (Wildman–Crippen LogP) is 3.17. The molecule has 0 aliphatic heterocycles. The van der Waals surface area contributed by atoms with Crippen LogP contribution >= 0.6 is 15.9 Å². The maximum atomic E-state index is 12.5. The number of hydrogen-bond acceptors (Lipinski definition) is 2. The molecule has 0 aromatic carbocycles. The van der Waals surface area contributed by atoms with Gasteiger partial charge in [-0.2, -0.15) is 0 Å². The molecule has 1 aliphatic carbocycles. The standard InChI is InChI=1S/C14H19BrN2O/c1-11-8-12(10-16-9-11)14(18)17(7-3-6-15)13-4-2-5-13/h8-10,13H,2-7H2,1H3. The molecule has 1 heterocycles.